The fourth-order valence-corrected chi connectivity index (χ4v) is 1.28. The lowest BCUT2D eigenvalue weighted by molar-refractivity contribution is 0.0682. The molecule has 1 heterocycles. The Balaban J connectivity index is 3.61. The summed E-state index contributed by atoms with van der Waals surface area (Å²) < 4.78 is 25.3. The number of nitrogens with two attached hydrogens (primary N) is 1. The molecule has 16 heavy (non-hydrogen) atoms. The van der Waals surface area contributed by atoms with Crippen molar-refractivity contribution < 1.29 is 18.7 Å². The molecular weight excluding hydrogens is 220 g/mol. The maximum Gasteiger partial charge on any atom is 0.338 e. The lowest BCUT2D eigenvalue weighted by Gasteiger charge is -2.10. The number of hydrogen-bond donors (Lipinski definition) is 2. The number of rotatable bonds is 3. The molecule has 0 saturated carbocycles. The first-order chi connectivity index (χ1) is 7.52. The highest BCUT2D eigenvalue weighted by molar-refractivity contribution is 5.91. The second-order valence-electron chi connectivity index (χ2n) is 2.83. The first kappa shape index (κ1) is 12.0. The molecule has 1 aromatic heterocycles. The Morgan fingerprint density at radius 3 is 2.69 bits per heavy atom. The third-order valence-electron chi connectivity index (χ3n) is 1.94. The minimum Gasteiger partial charge on any atom is -0.478 e. The third-order valence-corrected chi connectivity index (χ3v) is 1.94. The molecule has 84 valence electrons. The number of aromatic carboxylic acids is 1. The van der Waals surface area contributed by atoms with Crippen LogP contribution in [0.1, 0.15) is 33.6 Å². The van der Waals surface area contributed by atoms with Crippen LogP contribution in [-0.4, -0.2) is 16.1 Å². The molecule has 0 aromatic carbocycles. The minimum absolute atomic E-state index is 0.165. The largest absolute Gasteiger partial charge is 0.478 e. The number of carboxylic acid groups (broad SMARTS) is 1. The van der Waals surface area contributed by atoms with Gasteiger partial charge < -0.3 is 10.8 Å². The Kier molecular flexibility index (Phi) is 3.48. The summed E-state index contributed by atoms with van der Waals surface area (Å²) in [6.07, 6.45) is -2.16. The molecule has 0 aliphatic heterocycles. The van der Waals surface area contributed by atoms with E-state index in [-0.39, 0.29) is 12.2 Å². The highest BCUT2D eigenvalue weighted by Crippen LogP contribution is 2.27. The van der Waals surface area contributed by atoms with Gasteiger partial charge in [0, 0.05) is 12.7 Å². The van der Waals surface area contributed by atoms with Crippen LogP contribution in [0.2, 0.25) is 0 Å². The van der Waals surface area contributed by atoms with E-state index in [4.69, 9.17) is 16.1 Å². The predicted molar refractivity (Wildman–Crippen MR) is 48.8 cm³/mol. The number of pyridine rings is 1. The Hall–Kier alpha value is -2.07. The molecule has 5 nitrogen and oxygen atoms in total. The third kappa shape index (κ3) is 1.97. The van der Waals surface area contributed by atoms with Gasteiger partial charge in [0.2, 0.25) is 0 Å². The summed E-state index contributed by atoms with van der Waals surface area (Å²) in [5, 5.41) is 17.4. The number of nitrogens with zero attached hydrogens (tertiary/aromatic N) is 2. The summed E-state index contributed by atoms with van der Waals surface area (Å²) in [5.41, 5.74) is 3.06. The monoisotopic (exact) mass is 227 g/mol. The molecule has 0 radical (unpaired) electrons. The smallest absolute Gasteiger partial charge is 0.338 e. The molecule has 1 rings (SSSR count). The van der Waals surface area contributed by atoms with Gasteiger partial charge in [-0.1, -0.05) is 0 Å². The normalized spacial score (nSPS) is 10.2. The summed E-state index contributed by atoms with van der Waals surface area (Å²) in [6, 6.07) is 1.48. The van der Waals surface area contributed by atoms with Crippen LogP contribution in [0.15, 0.2) is 6.20 Å². The zero-order valence-electron chi connectivity index (χ0n) is 7.94. The van der Waals surface area contributed by atoms with Crippen molar-refractivity contribution >= 4 is 5.97 Å². The fourth-order valence-electron chi connectivity index (χ4n) is 1.28. The summed E-state index contributed by atoms with van der Waals surface area (Å²) in [6.45, 7) is -0.285. The second kappa shape index (κ2) is 4.63. The SMILES string of the molecule is N#Cc1cnc(CN)c(C(=O)O)c1C(F)F. The molecule has 7 heteroatoms. The molecular formula is C9H7F2N3O2. The van der Waals surface area contributed by atoms with Gasteiger partial charge in [0.15, 0.2) is 0 Å². The van der Waals surface area contributed by atoms with Crippen LogP contribution in [-0.2, 0) is 6.54 Å². The second-order valence-corrected chi connectivity index (χ2v) is 2.83. The first-order valence-electron chi connectivity index (χ1n) is 4.16. The maximum absolute atomic E-state index is 12.7. The zero-order chi connectivity index (χ0) is 12.3. The Morgan fingerprint density at radius 2 is 2.31 bits per heavy atom. The van der Waals surface area contributed by atoms with Crippen LogP contribution in [0.4, 0.5) is 8.78 Å². The van der Waals surface area contributed by atoms with Crippen LogP contribution in [0, 0.1) is 11.3 Å². The van der Waals surface area contributed by atoms with Crippen LogP contribution < -0.4 is 5.73 Å². The molecule has 0 aliphatic carbocycles. The van der Waals surface area contributed by atoms with Gasteiger partial charge >= 0.3 is 5.97 Å². The van der Waals surface area contributed by atoms with Crippen molar-refractivity contribution in [2.75, 3.05) is 0 Å². The number of hydrogen-bond acceptors (Lipinski definition) is 4. The molecule has 0 bridgehead atoms. The van der Waals surface area contributed by atoms with E-state index in [9.17, 15) is 13.6 Å². The van der Waals surface area contributed by atoms with Gasteiger partial charge in [-0.25, -0.2) is 13.6 Å². The molecule has 3 N–H and O–H groups in total. The summed E-state index contributed by atoms with van der Waals surface area (Å²) in [7, 11) is 0. The van der Waals surface area contributed by atoms with Gasteiger partial charge in [0.25, 0.3) is 6.43 Å². The maximum atomic E-state index is 12.7. The first-order valence-corrected chi connectivity index (χ1v) is 4.16. The summed E-state index contributed by atoms with van der Waals surface area (Å²) >= 11 is 0. The number of halogens is 2. The molecule has 0 saturated heterocycles. The van der Waals surface area contributed by atoms with E-state index in [2.05, 4.69) is 4.98 Å². The van der Waals surface area contributed by atoms with E-state index in [1.807, 2.05) is 0 Å². The van der Waals surface area contributed by atoms with E-state index in [1.165, 1.54) is 6.07 Å². The molecule has 1 aromatic rings. The van der Waals surface area contributed by atoms with Crippen molar-refractivity contribution in [1.82, 2.24) is 4.98 Å². The molecule has 0 fully saturated rings. The molecule has 0 amide bonds. The molecule has 0 unspecified atom stereocenters. The topological polar surface area (TPSA) is 100 Å². The van der Waals surface area contributed by atoms with Gasteiger partial charge in [0.1, 0.15) is 6.07 Å². The highest BCUT2D eigenvalue weighted by atomic mass is 19.3. The average Bonchev–Trinajstić information content (AvgIpc) is 2.26. The van der Waals surface area contributed by atoms with Crippen molar-refractivity contribution in [2.45, 2.75) is 13.0 Å². The van der Waals surface area contributed by atoms with Crippen molar-refractivity contribution in [2.24, 2.45) is 5.73 Å². The molecule has 0 atom stereocenters. The standard InChI is InChI=1S/C9H7F2N3O2/c10-8(11)6-4(1-12)3-14-5(2-13)7(6)9(15)16/h3,8H,2,13H2,(H,15,16). The number of nitriles is 1. The number of aromatic nitrogens is 1. The van der Waals surface area contributed by atoms with Crippen LogP contribution >= 0.6 is 0 Å². The van der Waals surface area contributed by atoms with E-state index < -0.39 is 29.1 Å². The Bertz CT molecular complexity index is 469. The Morgan fingerprint density at radius 1 is 1.69 bits per heavy atom. The van der Waals surface area contributed by atoms with E-state index in [1.54, 1.807) is 0 Å². The van der Waals surface area contributed by atoms with Crippen LogP contribution in [0.3, 0.4) is 0 Å². The predicted octanol–water partition coefficient (Wildman–Crippen LogP) is 1.05. The highest BCUT2D eigenvalue weighted by Gasteiger charge is 2.25. The van der Waals surface area contributed by atoms with Crippen molar-refractivity contribution in [3.8, 4) is 6.07 Å². The Labute approximate surface area is 89.1 Å². The fraction of sp³-hybridized carbons (Fsp3) is 0.222. The van der Waals surface area contributed by atoms with Crippen LogP contribution in [0.25, 0.3) is 0 Å². The number of carbonyl (C=O) groups is 1. The summed E-state index contributed by atoms with van der Waals surface area (Å²) in [5.74, 6) is -1.57. The van der Waals surface area contributed by atoms with Crippen molar-refractivity contribution in [3.63, 3.8) is 0 Å². The summed E-state index contributed by atoms with van der Waals surface area (Å²) in [4.78, 5) is 14.4. The van der Waals surface area contributed by atoms with Gasteiger partial charge in [-0.15, -0.1) is 0 Å². The minimum atomic E-state index is -3.06. The van der Waals surface area contributed by atoms with Gasteiger partial charge in [-0.05, 0) is 0 Å². The van der Waals surface area contributed by atoms with Crippen molar-refractivity contribution in [1.29, 1.82) is 5.26 Å². The number of alkyl halides is 2. The van der Waals surface area contributed by atoms with Crippen LogP contribution in [0.5, 0.6) is 0 Å². The van der Waals surface area contributed by atoms with Gasteiger partial charge in [-0.3, -0.25) is 4.98 Å². The van der Waals surface area contributed by atoms with E-state index >= 15 is 0 Å². The van der Waals surface area contributed by atoms with E-state index in [0.717, 1.165) is 6.20 Å². The molecule has 0 spiro atoms. The quantitative estimate of drug-likeness (QED) is 0.803. The zero-order valence-corrected chi connectivity index (χ0v) is 7.94. The lowest BCUT2D eigenvalue weighted by Crippen LogP contribution is -2.14. The average molecular weight is 227 g/mol. The van der Waals surface area contributed by atoms with E-state index in [0.29, 0.717) is 0 Å². The van der Waals surface area contributed by atoms with Gasteiger partial charge in [0.05, 0.1) is 22.4 Å². The molecule has 0 aliphatic rings. The van der Waals surface area contributed by atoms with Crippen molar-refractivity contribution in [3.05, 3.63) is 28.6 Å². The lowest BCUT2D eigenvalue weighted by atomic mass is 10.0. The number of carboxylic acids is 1. The van der Waals surface area contributed by atoms with Gasteiger partial charge in [-0.2, -0.15) is 5.26 Å².